The first-order valence-corrected chi connectivity index (χ1v) is 8.16. The monoisotopic (exact) mass is 313 g/mol. The van der Waals surface area contributed by atoms with E-state index < -0.39 is 0 Å². The molecule has 0 spiro atoms. The van der Waals surface area contributed by atoms with E-state index in [0.29, 0.717) is 6.54 Å². The lowest BCUT2D eigenvalue weighted by atomic mass is 10.0. The molecule has 0 radical (unpaired) electrons. The number of ether oxygens (including phenoxy) is 1. The average Bonchev–Trinajstić information content (AvgIpc) is 2.55. The molecule has 1 saturated heterocycles. The minimum absolute atomic E-state index is 0.0719. The number of nitrogens with zero attached hydrogens (tertiary/aromatic N) is 2. The minimum Gasteiger partial charge on any atom is -0.489 e. The summed E-state index contributed by atoms with van der Waals surface area (Å²) in [5, 5.41) is 4.17. The van der Waals surface area contributed by atoms with Crippen LogP contribution in [0.5, 0.6) is 5.75 Å². The first-order valence-electron chi connectivity index (χ1n) is 8.16. The summed E-state index contributed by atoms with van der Waals surface area (Å²) in [5.41, 5.74) is 1.48. The van der Waals surface area contributed by atoms with Crippen molar-refractivity contribution < 1.29 is 9.53 Å². The average molecular weight is 313 g/mol. The summed E-state index contributed by atoms with van der Waals surface area (Å²) < 4.78 is 5.82. The summed E-state index contributed by atoms with van der Waals surface area (Å²) >= 11 is 0. The first-order chi connectivity index (χ1) is 11.1. The number of aromatic nitrogens is 1. The standard InChI is InChI=1S/C18H23N3O2/c1-13(2)23-17-6-5-14(15-4-3-7-20-18(15)17)16(22)12-21-10-8-19-9-11-21/h3-7,13,19H,8-12H2,1-2H3. The molecule has 0 atom stereocenters. The van der Waals surface area contributed by atoms with Crippen LogP contribution in [0.2, 0.25) is 0 Å². The van der Waals surface area contributed by atoms with Crippen molar-refractivity contribution in [3.05, 3.63) is 36.0 Å². The van der Waals surface area contributed by atoms with Crippen LogP contribution in [-0.2, 0) is 0 Å². The number of fused-ring (bicyclic) bond motifs is 1. The number of carbonyl (C=O) groups is 1. The van der Waals surface area contributed by atoms with Crippen LogP contribution < -0.4 is 10.1 Å². The zero-order chi connectivity index (χ0) is 16.2. The number of hydrogen-bond acceptors (Lipinski definition) is 5. The normalized spacial score (nSPS) is 16.0. The van der Waals surface area contributed by atoms with Crippen molar-refractivity contribution in [2.45, 2.75) is 20.0 Å². The molecule has 1 fully saturated rings. The smallest absolute Gasteiger partial charge is 0.177 e. The Morgan fingerprint density at radius 3 is 2.83 bits per heavy atom. The van der Waals surface area contributed by atoms with E-state index in [1.165, 1.54) is 0 Å². The van der Waals surface area contributed by atoms with E-state index in [9.17, 15) is 4.79 Å². The molecule has 122 valence electrons. The molecule has 1 N–H and O–H groups in total. The van der Waals surface area contributed by atoms with Gasteiger partial charge in [0.1, 0.15) is 11.3 Å². The molecule has 3 rings (SSSR count). The van der Waals surface area contributed by atoms with Crippen LogP contribution in [0, 0.1) is 0 Å². The lowest BCUT2D eigenvalue weighted by Crippen LogP contribution is -2.45. The molecule has 1 aliphatic rings. The highest BCUT2D eigenvalue weighted by molar-refractivity contribution is 6.09. The van der Waals surface area contributed by atoms with E-state index in [-0.39, 0.29) is 11.9 Å². The molecule has 0 saturated carbocycles. The number of rotatable bonds is 5. The Morgan fingerprint density at radius 2 is 2.09 bits per heavy atom. The molecule has 0 unspecified atom stereocenters. The topological polar surface area (TPSA) is 54.5 Å². The van der Waals surface area contributed by atoms with Crippen LogP contribution in [0.4, 0.5) is 0 Å². The van der Waals surface area contributed by atoms with Gasteiger partial charge in [0.25, 0.3) is 0 Å². The van der Waals surface area contributed by atoms with Crippen molar-refractivity contribution in [1.29, 1.82) is 0 Å². The molecule has 1 aromatic carbocycles. The molecule has 2 heterocycles. The van der Waals surface area contributed by atoms with Crippen molar-refractivity contribution in [2.24, 2.45) is 0 Å². The van der Waals surface area contributed by atoms with Crippen molar-refractivity contribution in [2.75, 3.05) is 32.7 Å². The highest BCUT2D eigenvalue weighted by atomic mass is 16.5. The van der Waals surface area contributed by atoms with Gasteiger partial charge in [0.2, 0.25) is 0 Å². The van der Waals surface area contributed by atoms with Crippen molar-refractivity contribution in [3.8, 4) is 5.75 Å². The summed E-state index contributed by atoms with van der Waals surface area (Å²) in [6, 6.07) is 7.54. The maximum absolute atomic E-state index is 12.7. The molecule has 23 heavy (non-hydrogen) atoms. The molecule has 5 nitrogen and oxygen atoms in total. The fourth-order valence-electron chi connectivity index (χ4n) is 2.90. The van der Waals surface area contributed by atoms with Crippen LogP contribution in [0.1, 0.15) is 24.2 Å². The summed E-state index contributed by atoms with van der Waals surface area (Å²) in [4.78, 5) is 19.3. The number of pyridine rings is 1. The number of carbonyl (C=O) groups excluding carboxylic acids is 1. The molecule has 0 aliphatic carbocycles. The van der Waals surface area contributed by atoms with E-state index in [4.69, 9.17) is 4.74 Å². The van der Waals surface area contributed by atoms with Crippen LogP contribution in [0.3, 0.4) is 0 Å². The maximum atomic E-state index is 12.7. The molecular weight excluding hydrogens is 290 g/mol. The maximum Gasteiger partial charge on any atom is 0.177 e. The van der Waals surface area contributed by atoms with Gasteiger partial charge in [-0.25, -0.2) is 0 Å². The predicted octanol–water partition coefficient (Wildman–Crippen LogP) is 2.11. The van der Waals surface area contributed by atoms with E-state index in [1.54, 1.807) is 6.20 Å². The Hall–Kier alpha value is -1.98. The molecule has 2 aromatic rings. The van der Waals surface area contributed by atoms with E-state index in [1.807, 2.05) is 38.1 Å². The largest absolute Gasteiger partial charge is 0.489 e. The molecule has 0 amide bonds. The molecule has 5 heteroatoms. The van der Waals surface area contributed by atoms with Crippen molar-refractivity contribution in [3.63, 3.8) is 0 Å². The van der Waals surface area contributed by atoms with Gasteiger partial charge in [-0.1, -0.05) is 6.07 Å². The number of ketones is 1. The third-order valence-electron chi connectivity index (χ3n) is 3.97. The number of nitrogens with one attached hydrogen (secondary N) is 1. The lowest BCUT2D eigenvalue weighted by molar-refractivity contribution is 0.0923. The Kier molecular flexibility index (Phi) is 4.88. The van der Waals surface area contributed by atoms with E-state index in [2.05, 4.69) is 15.2 Å². The van der Waals surface area contributed by atoms with Gasteiger partial charge in [-0.05, 0) is 32.0 Å². The second-order valence-electron chi connectivity index (χ2n) is 6.13. The molecule has 1 aromatic heterocycles. The van der Waals surface area contributed by atoms with Gasteiger partial charge < -0.3 is 10.1 Å². The summed E-state index contributed by atoms with van der Waals surface area (Å²) in [6.45, 7) is 8.13. The Bertz CT molecular complexity index is 694. The van der Waals surface area contributed by atoms with Crippen LogP contribution in [-0.4, -0.2) is 54.5 Å². The van der Waals surface area contributed by atoms with E-state index in [0.717, 1.165) is 48.4 Å². The molecule has 0 bridgehead atoms. The SMILES string of the molecule is CC(C)Oc1ccc(C(=O)CN2CCNCC2)c2cccnc12. The quantitative estimate of drug-likeness (QED) is 0.857. The van der Waals surface area contributed by atoms with Crippen molar-refractivity contribution >= 4 is 16.7 Å². The summed E-state index contributed by atoms with van der Waals surface area (Å²) in [6.07, 6.45) is 1.81. The van der Waals surface area contributed by atoms with Gasteiger partial charge in [0.15, 0.2) is 5.78 Å². The van der Waals surface area contributed by atoms with Crippen LogP contribution in [0.15, 0.2) is 30.5 Å². The van der Waals surface area contributed by atoms with Crippen LogP contribution >= 0.6 is 0 Å². The predicted molar refractivity (Wildman–Crippen MR) is 91.1 cm³/mol. The third-order valence-corrected chi connectivity index (χ3v) is 3.97. The second kappa shape index (κ2) is 7.06. The van der Waals surface area contributed by atoms with Crippen LogP contribution in [0.25, 0.3) is 10.9 Å². The van der Waals surface area contributed by atoms with Gasteiger partial charge in [-0.2, -0.15) is 0 Å². The Morgan fingerprint density at radius 1 is 1.30 bits per heavy atom. The first kappa shape index (κ1) is 15.9. The minimum atomic E-state index is 0.0719. The number of benzene rings is 1. The summed E-state index contributed by atoms with van der Waals surface area (Å²) in [7, 11) is 0. The zero-order valence-electron chi connectivity index (χ0n) is 13.7. The Balaban J connectivity index is 1.90. The zero-order valence-corrected chi connectivity index (χ0v) is 13.7. The van der Waals surface area contributed by atoms with E-state index >= 15 is 0 Å². The van der Waals surface area contributed by atoms with Gasteiger partial charge >= 0.3 is 0 Å². The van der Waals surface area contributed by atoms with Gasteiger partial charge in [0.05, 0.1) is 12.6 Å². The molecular formula is C18H23N3O2. The fraction of sp³-hybridized carbons (Fsp3) is 0.444. The second-order valence-corrected chi connectivity index (χ2v) is 6.13. The number of hydrogen-bond donors (Lipinski definition) is 1. The third kappa shape index (κ3) is 3.68. The lowest BCUT2D eigenvalue weighted by Gasteiger charge is -2.26. The highest BCUT2D eigenvalue weighted by Gasteiger charge is 2.18. The highest BCUT2D eigenvalue weighted by Crippen LogP contribution is 2.28. The van der Waals surface area contributed by atoms with Crippen molar-refractivity contribution in [1.82, 2.24) is 15.2 Å². The van der Waals surface area contributed by atoms with Gasteiger partial charge in [-0.15, -0.1) is 0 Å². The fourth-order valence-corrected chi connectivity index (χ4v) is 2.90. The van der Waals surface area contributed by atoms with Gasteiger partial charge in [-0.3, -0.25) is 14.7 Å². The Labute approximate surface area is 136 Å². The number of Topliss-reactive ketones (excluding diaryl/α,β-unsaturated/α-hetero) is 1. The molecule has 1 aliphatic heterocycles. The van der Waals surface area contributed by atoms with Gasteiger partial charge in [0, 0.05) is 43.3 Å². The summed E-state index contributed by atoms with van der Waals surface area (Å²) in [5.74, 6) is 0.871. The number of piperazine rings is 1.